The Morgan fingerprint density at radius 3 is 2.67 bits per heavy atom. The van der Waals surface area contributed by atoms with E-state index in [1.165, 1.54) is 11.6 Å². The van der Waals surface area contributed by atoms with Gasteiger partial charge in [0, 0.05) is 50.2 Å². The highest BCUT2D eigenvalue weighted by molar-refractivity contribution is 7.37. The number of halogens is 4. The van der Waals surface area contributed by atoms with Crippen molar-refractivity contribution in [2.75, 3.05) is 0 Å². The van der Waals surface area contributed by atoms with Crippen molar-refractivity contribution in [3.8, 4) is 0 Å². The fraction of sp³-hybridized carbons (Fsp3) is 0.227. The summed E-state index contributed by atoms with van der Waals surface area (Å²) in [6, 6.07) is 6.59. The number of rotatable bonds is 4. The lowest BCUT2D eigenvalue weighted by atomic mass is 10.0. The molecule has 0 amide bonds. The van der Waals surface area contributed by atoms with E-state index >= 15 is 0 Å². The number of aromatic nitrogens is 1. The maximum absolute atomic E-state index is 14.1. The molecular formula is C22H20F4N3P. The molecule has 3 nitrogen and oxygen atoms in total. The number of hydrogen-bond donors (Lipinski definition) is 1. The van der Waals surface area contributed by atoms with Crippen molar-refractivity contribution in [2.24, 2.45) is 0 Å². The third kappa shape index (κ3) is 4.32. The van der Waals surface area contributed by atoms with E-state index in [9.17, 15) is 17.6 Å². The summed E-state index contributed by atoms with van der Waals surface area (Å²) in [5, 5.41) is 3.26. The van der Waals surface area contributed by atoms with Crippen molar-refractivity contribution in [2.45, 2.75) is 31.8 Å². The lowest BCUT2D eigenvalue weighted by molar-refractivity contribution is -0.137. The molecule has 2 aliphatic heterocycles. The second-order valence-electron chi connectivity index (χ2n) is 7.18. The van der Waals surface area contributed by atoms with Crippen LogP contribution in [-0.4, -0.2) is 15.4 Å². The number of fused-ring (bicyclic) bond motifs is 1. The number of nitrogens with zero attached hydrogens (tertiary/aromatic N) is 2. The predicted octanol–water partition coefficient (Wildman–Crippen LogP) is 5.84. The van der Waals surface area contributed by atoms with Crippen molar-refractivity contribution in [3.05, 3.63) is 94.7 Å². The van der Waals surface area contributed by atoms with Crippen LogP contribution in [0.25, 0.3) is 5.70 Å². The van der Waals surface area contributed by atoms with Crippen LogP contribution in [0.4, 0.5) is 17.6 Å². The molecule has 0 saturated carbocycles. The van der Waals surface area contributed by atoms with Gasteiger partial charge in [-0.05, 0) is 49.3 Å². The van der Waals surface area contributed by atoms with Gasteiger partial charge in [-0.3, -0.25) is 4.98 Å². The van der Waals surface area contributed by atoms with Crippen LogP contribution in [0.5, 0.6) is 0 Å². The van der Waals surface area contributed by atoms with E-state index in [2.05, 4.69) is 34.0 Å². The minimum absolute atomic E-state index is 0.0495. The first-order valence-corrected chi connectivity index (χ1v) is 10.5. The first-order chi connectivity index (χ1) is 14.3. The minimum Gasteiger partial charge on any atom is -0.321 e. The summed E-state index contributed by atoms with van der Waals surface area (Å²) in [5.74, 6) is -0.904. The van der Waals surface area contributed by atoms with Crippen molar-refractivity contribution in [1.82, 2.24) is 15.0 Å². The Kier molecular flexibility index (Phi) is 5.76. The van der Waals surface area contributed by atoms with Gasteiger partial charge >= 0.3 is 6.18 Å². The van der Waals surface area contributed by atoms with Crippen molar-refractivity contribution in [1.29, 1.82) is 0 Å². The van der Waals surface area contributed by atoms with E-state index in [0.717, 1.165) is 29.4 Å². The molecule has 2 aliphatic rings. The summed E-state index contributed by atoms with van der Waals surface area (Å²) >= 11 is 0. The molecule has 0 bridgehead atoms. The van der Waals surface area contributed by atoms with Gasteiger partial charge in [0.25, 0.3) is 0 Å². The Morgan fingerprint density at radius 1 is 1.20 bits per heavy atom. The van der Waals surface area contributed by atoms with Gasteiger partial charge < -0.3 is 9.99 Å². The number of hydrogen-bond acceptors (Lipinski definition) is 3. The van der Waals surface area contributed by atoms with Gasteiger partial charge in [0.2, 0.25) is 0 Å². The lowest BCUT2D eigenvalue weighted by Gasteiger charge is -2.38. The van der Waals surface area contributed by atoms with Crippen LogP contribution in [0.1, 0.15) is 30.0 Å². The molecular weight excluding hydrogens is 413 g/mol. The van der Waals surface area contributed by atoms with Gasteiger partial charge in [0.05, 0.1) is 11.3 Å². The molecule has 156 valence electrons. The number of benzene rings is 1. The van der Waals surface area contributed by atoms with Crippen molar-refractivity contribution < 1.29 is 17.6 Å². The van der Waals surface area contributed by atoms with Gasteiger partial charge in [0.15, 0.2) is 0 Å². The van der Waals surface area contributed by atoms with E-state index in [0.29, 0.717) is 14.8 Å². The summed E-state index contributed by atoms with van der Waals surface area (Å²) in [5.41, 5.74) is 3.83. The van der Waals surface area contributed by atoms with E-state index in [4.69, 9.17) is 0 Å². The number of allylic oxidation sites excluding steroid dienone is 3. The SMILES string of the molecule is CC1=C2C=CC(NCc3ccc(C(F)(F)F)cc3F)PN2C(c2ccncc2)=CC1. The lowest BCUT2D eigenvalue weighted by Crippen LogP contribution is -2.31. The molecule has 2 atom stereocenters. The van der Waals surface area contributed by atoms with Crippen LogP contribution in [0.2, 0.25) is 0 Å². The number of alkyl halides is 3. The zero-order chi connectivity index (χ0) is 21.3. The molecule has 3 heterocycles. The van der Waals surface area contributed by atoms with Gasteiger partial charge in [-0.15, -0.1) is 0 Å². The fourth-order valence-corrected chi connectivity index (χ4v) is 4.88. The molecule has 1 aromatic carbocycles. The monoisotopic (exact) mass is 433 g/mol. The summed E-state index contributed by atoms with van der Waals surface area (Å²) in [6.07, 6.45) is 6.11. The highest BCUT2D eigenvalue weighted by atomic mass is 31.1. The Labute approximate surface area is 174 Å². The fourth-order valence-electron chi connectivity index (χ4n) is 3.46. The second-order valence-corrected chi connectivity index (χ2v) is 8.51. The Morgan fingerprint density at radius 2 is 1.97 bits per heavy atom. The predicted molar refractivity (Wildman–Crippen MR) is 111 cm³/mol. The zero-order valence-electron chi connectivity index (χ0n) is 16.2. The average molecular weight is 433 g/mol. The molecule has 4 rings (SSSR count). The van der Waals surface area contributed by atoms with E-state index < -0.39 is 17.6 Å². The van der Waals surface area contributed by atoms with Crippen LogP contribution in [0.15, 0.2) is 72.2 Å². The normalized spacial score (nSPS) is 19.8. The van der Waals surface area contributed by atoms with Crippen LogP contribution < -0.4 is 5.32 Å². The molecule has 30 heavy (non-hydrogen) atoms. The Hall–Kier alpha value is -2.50. The van der Waals surface area contributed by atoms with Crippen molar-refractivity contribution >= 4 is 14.4 Å². The first-order valence-electron chi connectivity index (χ1n) is 9.47. The first kappa shape index (κ1) is 20.8. The second kappa shape index (κ2) is 8.32. The van der Waals surface area contributed by atoms with Gasteiger partial charge in [-0.25, -0.2) is 4.39 Å². The largest absolute Gasteiger partial charge is 0.416 e. The summed E-state index contributed by atoms with van der Waals surface area (Å²) in [6.45, 7) is 2.24. The maximum atomic E-state index is 14.1. The molecule has 2 unspecified atom stereocenters. The molecule has 0 spiro atoms. The zero-order valence-corrected chi connectivity index (χ0v) is 17.2. The average Bonchev–Trinajstić information content (AvgIpc) is 2.73. The van der Waals surface area contributed by atoms with Gasteiger partial charge in [-0.1, -0.05) is 18.2 Å². The van der Waals surface area contributed by atoms with Crippen molar-refractivity contribution in [3.63, 3.8) is 0 Å². The molecule has 1 aromatic heterocycles. The topological polar surface area (TPSA) is 28.2 Å². The van der Waals surface area contributed by atoms with Crippen LogP contribution in [0, 0.1) is 5.82 Å². The highest BCUT2D eigenvalue weighted by Crippen LogP contribution is 2.45. The Balaban J connectivity index is 1.49. The minimum atomic E-state index is -4.55. The molecule has 1 N–H and O–H groups in total. The van der Waals surface area contributed by atoms with Crippen LogP contribution >= 0.6 is 8.73 Å². The van der Waals surface area contributed by atoms with E-state index in [1.807, 2.05) is 18.2 Å². The van der Waals surface area contributed by atoms with Gasteiger partial charge in [0.1, 0.15) is 5.82 Å². The summed E-state index contributed by atoms with van der Waals surface area (Å²) < 4.78 is 54.6. The van der Waals surface area contributed by atoms with E-state index in [-0.39, 0.29) is 17.9 Å². The Bertz CT molecular complexity index is 1030. The van der Waals surface area contributed by atoms with Crippen LogP contribution in [-0.2, 0) is 12.7 Å². The molecule has 0 fully saturated rings. The molecule has 2 aromatic rings. The summed E-state index contributed by atoms with van der Waals surface area (Å²) in [7, 11) is 0.338. The standard InChI is InChI=1S/C22H20F4N3P/c1-14-2-5-20(15-8-10-27-11-9-15)29-19(14)6-7-21(30-29)28-13-16-3-4-17(12-18(16)23)22(24,25)26/h3-12,21,28,30H,2,13H2,1H3. The smallest absolute Gasteiger partial charge is 0.321 e. The molecule has 0 radical (unpaired) electrons. The molecule has 8 heteroatoms. The third-order valence-electron chi connectivity index (χ3n) is 5.10. The molecule has 0 saturated heterocycles. The highest BCUT2D eigenvalue weighted by Gasteiger charge is 2.31. The quantitative estimate of drug-likeness (QED) is 0.485. The molecule has 0 aliphatic carbocycles. The summed E-state index contributed by atoms with van der Waals surface area (Å²) in [4.78, 5) is 4.08. The van der Waals surface area contributed by atoms with Crippen LogP contribution in [0.3, 0.4) is 0 Å². The maximum Gasteiger partial charge on any atom is 0.416 e. The van der Waals surface area contributed by atoms with Gasteiger partial charge in [-0.2, -0.15) is 13.2 Å². The van der Waals surface area contributed by atoms with E-state index in [1.54, 1.807) is 12.4 Å². The number of nitrogens with one attached hydrogen (secondary N) is 1. The third-order valence-corrected chi connectivity index (χ3v) is 6.52. The number of pyridine rings is 1.